The summed E-state index contributed by atoms with van der Waals surface area (Å²) >= 11 is 0. The molecule has 20 heavy (non-hydrogen) atoms. The van der Waals surface area contributed by atoms with E-state index in [0.29, 0.717) is 11.7 Å². The molecular formula is C18H18O2. The minimum absolute atomic E-state index is 0.201. The van der Waals surface area contributed by atoms with Crippen molar-refractivity contribution >= 4 is 16.7 Å². The predicted molar refractivity (Wildman–Crippen MR) is 80.7 cm³/mol. The maximum Gasteiger partial charge on any atom is 0.339 e. The summed E-state index contributed by atoms with van der Waals surface area (Å²) in [7, 11) is 0. The van der Waals surface area contributed by atoms with Crippen LogP contribution in [-0.2, 0) is 4.79 Å². The van der Waals surface area contributed by atoms with Gasteiger partial charge in [-0.3, -0.25) is 0 Å². The highest BCUT2D eigenvalue weighted by Gasteiger charge is 2.18. The number of benzene rings is 2. The topological polar surface area (TPSA) is 26.3 Å². The maximum atomic E-state index is 12.2. The molecule has 0 saturated heterocycles. The molecule has 1 unspecified atom stereocenters. The van der Waals surface area contributed by atoms with Gasteiger partial charge in [-0.05, 0) is 36.6 Å². The van der Waals surface area contributed by atoms with Gasteiger partial charge >= 0.3 is 5.97 Å². The molecule has 0 bridgehead atoms. The van der Waals surface area contributed by atoms with Crippen LogP contribution in [0.15, 0.2) is 54.1 Å². The molecule has 0 N–H and O–H groups in total. The van der Waals surface area contributed by atoms with E-state index in [0.717, 1.165) is 35.6 Å². The van der Waals surface area contributed by atoms with Crippen molar-refractivity contribution in [2.24, 2.45) is 5.92 Å². The second kappa shape index (κ2) is 5.49. The SMILES string of the molecule is CC1CC=C(C(=O)Oc2cccc3ccccc23)CC1. The van der Waals surface area contributed by atoms with Crippen LogP contribution in [0.2, 0.25) is 0 Å². The van der Waals surface area contributed by atoms with Gasteiger partial charge in [0.25, 0.3) is 0 Å². The smallest absolute Gasteiger partial charge is 0.339 e. The van der Waals surface area contributed by atoms with Crippen LogP contribution in [0, 0.1) is 5.92 Å². The minimum atomic E-state index is -0.201. The third-order valence-electron chi connectivity index (χ3n) is 3.89. The lowest BCUT2D eigenvalue weighted by atomic mass is 9.91. The van der Waals surface area contributed by atoms with Gasteiger partial charge in [0, 0.05) is 11.0 Å². The number of fused-ring (bicyclic) bond motifs is 1. The van der Waals surface area contributed by atoms with E-state index >= 15 is 0 Å². The molecule has 3 rings (SSSR count). The van der Waals surface area contributed by atoms with E-state index < -0.39 is 0 Å². The fraction of sp³-hybridized carbons (Fsp3) is 0.278. The highest BCUT2D eigenvalue weighted by Crippen LogP contribution is 2.28. The molecule has 0 amide bonds. The molecule has 1 aliphatic rings. The number of carbonyl (C=O) groups is 1. The first-order chi connectivity index (χ1) is 9.74. The van der Waals surface area contributed by atoms with Crippen molar-refractivity contribution in [1.82, 2.24) is 0 Å². The molecule has 0 aliphatic heterocycles. The van der Waals surface area contributed by atoms with Crippen molar-refractivity contribution in [3.63, 3.8) is 0 Å². The number of ether oxygens (including phenoxy) is 1. The number of rotatable bonds is 2. The van der Waals surface area contributed by atoms with Gasteiger partial charge in [-0.1, -0.05) is 49.4 Å². The van der Waals surface area contributed by atoms with Crippen molar-refractivity contribution in [2.45, 2.75) is 26.2 Å². The van der Waals surface area contributed by atoms with E-state index in [9.17, 15) is 4.79 Å². The van der Waals surface area contributed by atoms with Gasteiger partial charge in [0.15, 0.2) is 0 Å². The Balaban J connectivity index is 1.85. The molecule has 0 radical (unpaired) electrons. The van der Waals surface area contributed by atoms with E-state index in [4.69, 9.17) is 4.74 Å². The van der Waals surface area contributed by atoms with Crippen LogP contribution in [-0.4, -0.2) is 5.97 Å². The average molecular weight is 266 g/mol. The number of esters is 1. The average Bonchev–Trinajstić information content (AvgIpc) is 2.48. The van der Waals surface area contributed by atoms with Gasteiger partial charge in [-0.2, -0.15) is 0 Å². The highest BCUT2D eigenvalue weighted by atomic mass is 16.5. The molecule has 1 aliphatic carbocycles. The Morgan fingerprint density at radius 1 is 1.15 bits per heavy atom. The van der Waals surface area contributed by atoms with Gasteiger partial charge in [0.05, 0.1) is 0 Å². The number of carbonyl (C=O) groups excluding carboxylic acids is 1. The molecule has 0 fully saturated rings. The van der Waals surface area contributed by atoms with E-state index in [1.165, 1.54) is 0 Å². The molecule has 0 aromatic heterocycles. The van der Waals surface area contributed by atoms with E-state index in [2.05, 4.69) is 6.92 Å². The zero-order chi connectivity index (χ0) is 13.9. The lowest BCUT2D eigenvalue weighted by Gasteiger charge is -2.17. The van der Waals surface area contributed by atoms with Gasteiger partial charge in [0.2, 0.25) is 0 Å². The molecule has 0 saturated carbocycles. The van der Waals surface area contributed by atoms with Crippen LogP contribution in [0.4, 0.5) is 0 Å². The summed E-state index contributed by atoms with van der Waals surface area (Å²) in [6, 6.07) is 13.7. The molecule has 0 heterocycles. The first kappa shape index (κ1) is 12.9. The summed E-state index contributed by atoms with van der Waals surface area (Å²) in [5.74, 6) is 1.12. The second-order valence-corrected chi connectivity index (χ2v) is 5.48. The van der Waals surface area contributed by atoms with Crippen LogP contribution in [0.25, 0.3) is 10.8 Å². The molecule has 2 heteroatoms. The molecule has 2 nitrogen and oxygen atoms in total. The minimum Gasteiger partial charge on any atom is -0.423 e. The summed E-state index contributed by atoms with van der Waals surface area (Å²) < 4.78 is 5.60. The van der Waals surface area contributed by atoms with Crippen LogP contribution < -0.4 is 4.74 Å². The maximum absolute atomic E-state index is 12.2. The lowest BCUT2D eigenvalue weighted by Crippen LogP contribution is -2.15. The highest BCUT2D eigenvalue weighted by molar-refractivity contribution is 5.95. The first-order valence-electron chi connectivity index (χ1n) is 7.13. The van der Waals surface area contributed by atoms with Gasteiger partial charge in [0.1, 0.15) is 5.75 Å². The Labute approximate surface area is 119 Å². The monoisotopic (exact) mass is 266 g/mol. The normalized spacial score (nSPS) is 18.6. The fourth-order valence-corrected chi connectivity index (χ4v) is 2.60. The summed E-state index contributed by atoms with van der Waals surface area (Å²) in [4.78, 5) is 12.2. The molecule has 2 aromatic carbocycles. The Hall–Kier alpha value is -2.09. The van der Waals surface area contributed by atoms with E-state index in [-0.39, 0.29) is 5.97 Å². The molecule has 2 aromatic rings. The summed E-state index contributed by atoms with van der Waals surface area (Å²) in [6.07, 6.45) is 4.89. The Morgan fingerprint density at radius 3 is 2.75 bits per heavy atom. The third kappa shape index (κ3) is 2.60. The molecule has 0 spiro atoms. The van der Waals surface area contributed by atoms with Crippen molar-refractivity contribution in [1.29, 1.82) is 0 Å². The molecular weight excluding hydrogens is 248 g/mol. The Bertz CT molecular complexity index is 665. The quantitative estimate of drug-likeness (QED) is 0.591. The van der Waals surface area contributed by atoms with Crippen LogP contribution in [0.3, 0.4) is 0 Å². The van der Waals surface area contributed by atoms with Crippen molar-refractivity contribution < 1.29 is 9.53 Å². The Kier molecular flexibility index (Phi) is 3.55. The van der Waals surface area contributed by atoms with Crippen LogP contribution in [0.5, 0.6) is 5.75 Å². The predicted octanol–water partition coefficient (Wildman–Crippen LogP) is 4.49. The zero-order valence-electron chi connectivity index (χ0n) is 11.6. The van der Waals surface area contributed by atoms with Gasteiger partial charge in [-0.25, -0.2) is 4.79 Å². The van der Waals surface area contributed by atoms with Gasteiger partial charge < -0.3 is 4.74 Å². The van der Waals surface area contributed by atoms with E-state index in [1.807, 2.05) is 48.5 Å². The van der Waals surface area contributed by atoms with Crippen LogP contribution in [0.1, 0.15) is 26.2 Å². The summed E-state index contributed by atoms with van der Waals surface area (Å²) in [5, 5.41) is 2.07. The molecule has 102 valence electrons. The van der Waals surface area contributed by atoms with Gasteiger partial charge in [-0.15, -0.1) is 0 Å². The van der Waals surface area contributed by atoms with Crippen LogP contribution >= 0.6 is 0 Å². The largest absolute Gasteiger partial charge is 0.423 e. The lowest BCUT2D eigenvalue weighted by molar-refractivity contribution is -0.130. The zero-order valence-corrected chi connectivity index (χ0v) is 11.6. The Morgan fingerprint density at radius 2 is 1.95 bits per heavy atom. The number of hydrogen-bond donors (Lipinski definition) is 0. The second-order valence-electron chi connectivity index (χ2n) is 5.48. The first-order valence-corrected chi connectivity index (χ1v) is 7.13. The standard InChI is InChI=1S/C18H18O2/c1-13-9-11-15(12-10-13)18(19)20-17-8-4-6-14-5-2-3-7-16(14)17/h2-8,11,13H,9-10,12H2,1H3. The fourth-order valence-electron chi connectivity index (χ4n) is 2.60. The molecule has 1 atom stereocenters. The van der Waals surface area contributed by atoms with Crippen molar-refractivity contribution in [2.75, 3.05) is 0 Å². The number of allylic oxidation sites excluding steroid dienone is 1. The van der Waals surface area contributed by atoms with Crippen molar-refractivity contribution in [3.05, 3.63) is 54.1 Å². The van der Waals surface area contributed by atoms with E-state index in [1.54, 1.807) is 0 Å². The number of hydrogen-bond acceptors (Lipinski definition) is 2. The van der Waals surface area contributed by atoms with Crippen molar-refractivity contribution in [3.8, 4) is 5.75 Å². The summed E-state index contributed by atoms with van der Waals surface area (Å²) in [6.45, 7) is 2.21. The third-order valence-corrected chi connectivity index (χ3v) is 3.89. The summed E-state index contributed by atoms with van der Waals surface area (Å²) in [5.41, 5.74) is 0.816.